The van der Waals surface area contributed by atoms with Gasteiger partial charge in [0.05, 0.1) is 5.25 Å². The molecule has 4 nitrogen and oxygen atoms in total. The van der Waals surface area contributed by atoms with E-state index in [0.717, 1.165) is 15.3 Å². The highest BCUT2D eigenvalue weighted by atomic mass is 79.9. The largest absolute Gasteiger partial charge is 0.348 e. The second kappa shape index (κ2) is 7.33. The molecule has 0 aliphatic heterocycles. The van der Waals surface area contributed by atoms with Gasteiger partial charge in [-0.1, -0.05) is 41.5 Å². The summed E-state index contributed by atoms with van der Waals surface area (Å²) in [5.41, 5.74) is 1.03. The van der Waals surface area contributed by atoms with Crippen LogP contribution in [0.15, 0.2) is 46.3 Å². The van der Waals surface area contributed by atoms with Crippen molar-refractivity contribution in [2.45, 2.75) is 24.3 Å². The van der Waals surface area contributed by atoms with Crippen LogP contribution in [0.1, 0.15) is 13.8 Å². The molecule has 0 radical (unpaired) electrons. The minimum atomic E-state index is -0.147. The number of imidazole rings is 1. The fourth-order valence-electron chi connectivity index (χ4n) is 2.01. The predicted octanol–water partition coefficient (Wildman–Crippen LogP) is 3.84. The van der Waals surface area contributed by atoms with Crippen LogP contribution in [0.5, 0.6) is 0 Å². The van der Waals surface area contributed by atoms with E-state index in [1.807, 2.05) is 35.0 Å². The Balaban J connectivity index is 2.28. The molecule has 1 unspecified atom stereocenters. The molecule has 6 heteroatoms. The average molecular weight is 382 g/mol. The maximum Gasteiger partial charge on any atom is 0.235 e. The van der Waals surface area contributed by atoms with Crippen LogP contribution in [-0.4, -0.2) is 39.7 Å². The zero-order chi connectivity index (χ0) is 16.3. The van der Waals surface area contributed by atoms with Gasteiger partial charge in [0.2, 0.25) is 5.91 Å². The lowest BCUT2D eigenvalue weighted by Gasteiger charge is -2.23. The summed E-state index contributed by atoms with van der Waals surface area (Å²) < 4.78 is 3.04. The summed E-state index contributed by atoms with van der Waals surface area (Å²) >= 11 is 4.96. The Kier molecular flexibility index (Phi) is 5.69. The summed E-state index contributed by atoms with van der Waals surface area (Å²) in [6.45, 7) is 4.12. The van der Waals surface area contributed by atoms with Crippen molar-refractivity contribution in [3.05, 3.63) is 41.1 Å². The van der Waals surface area contributed by atoms with Crippen molar-refractivity contribution in [1.82, 2.24) is 14.5 Å². The van der Waals surface area contributed by atoms with Gasteiger partial charge in [-0.25, -0.2) is 4.98 Å². The highest BCUT2D eigenvalue weighted by Gasteiger charge is 2.26. The van der Waals surface area contributed by atoms with E-state index in [0.29, 0.717) is 0 Å². The van der Waals surface area contributed by atoms with E-state index >= 15 is 0 Å². The summed E-state index contributed by atoms with van der Waals surface area (Å²) in [5, 5.41) is 0.683. The van der Waals surface area contributed by atoms with Gasteiger partial charge in [0.25, 0.3) is 0 Å². The summed E-state index contributed by atoms with van der Waals surface area (Å²) in [7, 11) is 3.58. The van der Waals surface area contributed by atoms with Gasteiger partial charge >= 0.3 is 0 Å². The number of thioether (sulfide) groups is 1. The smallest absolute Gasteiger partial charge is 0.235 e. The third-order valence-corrected chi connectivity index (χ3v) is 5.28. The Morgan fingerprint density at radius 3 is 2.45 bits per heavy atom. The maximum atomic E-state index is 12.4. The Morgan fingerprint density at radius 2 is 1.91 bits per heavy atom. The monoisotopic (exact) mass is 381 g/mol. The third kappa shape index (κ3) is 3.93. The first-order valence-electron chi connectivity index (χ1n) is 7.07. The fraction of sp³-hybridized carbons (Fsp3) is 0.375. The average Bonchev–Trinajstić information content (AvgIpc) is 2.92. The lowest BCUT2D eigenvalue weighted by atomic mass is 10.1. The molecule has 1 atom stereocenters. The van der Waals surface area contributed by atoms with Crippen LogP contribution in [0.2, 0.25) is 0 Å². The first-order chi connectivity index (χ1) is 10.4. The molecule has 2 rings (SSSR count). The summed E-state index contributed by atoms with van der Waals surface area (Å²) in [6, 6.07) is 8.03. The molecule has 0 aliphatic rings. The number of aromatic nitrogens is 2. The molecule has 1 amide bonds. The van der Waals surface area contributed by atoms with Crippen LogP contribution < -0.4 is 0 Å². The van der Waals surface area contributed by atoms with Crippen molar-refractivity contribution in [3.8, 4) is 5.69 Å². The molecule has 1 aromatic heterocycles. The molecule has 0 spiro atoms. The third-order valence-electron chi connectivity index (χ3n) is 3.23. The molecule has 0 bridgehead atoms. The highest BCUT2D eigenvalue weighted by Crippen LogP contribution is 2.30. The van der Waals surface area contributed by atoms with Crippen LogP contribution in [0.25, 0.3) is 5.69 Å². The first kappa shape index (κ1) is 17.1. The van der Waals surface area contributed by atoms with Gasteiger partial charge in [-0.3, -0.25) is 9.36 Å². The van der Waals surface area contributed by atoms with Crippen molar-refractivity contribution in [3.63, 3.8) is 0 Å². The molecular formula is C16H20BrN3OS. The number of rotatable bonds is 5. The molecule has 0 aliphatic carbocycles. The lowest BCUT2D eigenvalue weighted by Crippen LogP contribution is -2.35. The van der Waals surface area contributed by atoms with E-state index in [1.165, 1.54) is 11.8 Å². The molecule has 0 fully saturated rings. The maximum absolute atomic E-state index is 12.4. The Bertz CT molecular complexity index is 637. The number of hydrogen-bond acceptors (Lipinski definition) is 3. The van der Waals surface area contributed by atoms with Crippen molar-refractivity contribution >= 4 is 33.6 Å². The van der Waals surface area contributed by atoms with Crippen molar-refractivity contribution < 1.29 is 4.79 Å². The van der Waals surface area contributed by atoms with Gasteiger partial charge < -0.3 is 4.90 Å². The van der Waals surface area contributed by atoms with Crippen LogP contribution in [0.4, 0.5) is 0 Å². The number of halogens is 1. The van der Waals surface area contributed by atoms with Gasteiger partial charge in [0.1, 0.15) is 0 Å². The van der Waals surface area contributed by atoms with Crippen molar-refractivity contribution in [2.24, 2.45) is 5.92 Å². The summed E-state index contributed by atoms with van der Waals surface area (Å²) in [5.74, 6) is 0.348. The number of carbonyl (C=O) groups excluding carboxylic acids is 1. The zero-order valence-corrected chi connectivity index (χ0v) is 15.6. The molecule has 0 saturated heterocycles. The van der Waals surface area contributed by atoms with Gasteiger partial charge in [-0.2, -0.15) is 0 Å². The molecule has 2 aromatic rings. The normalized spacial score (nSPS) is 12.5. The van der Waals surface area contributed by atoms with Crippen LogP contribution >= 0.6 is 27.7 Å². The van der Waals surface area contributed by atoms with E-state index < -0.39 is 0 Å². The van der Waals surface area contributed by atoms with E-state index in [9.17, 15) is 4.79 Å². The summed E-state index contributed by atoms with van der Waals surface area (Å²) in [4.78, 5) is 18.4. The fourth-order valence-corrected chi connectivity index (χ4v) is 3.49. The predicted molar refractivity (Wildman–Crippen MR) is 94.4 cm³/mol. The quantitative estimate of drug-likeness (QED) is 0.738. The molecule has 0 saturated carbocycles. The van der Waals surface area contributed by atoms with E-state index in [2.05, 4.69) is 34.8 Å². The Labute approximate surface area is 144 Å². The minimum absolute atomic E-state index is 0.116. The van der Waals surface area contributed by atoms with Gasteiger partial charge in [0.15, 0.2) is 5.16 Å². The Hall–Kier alpha value is -1.27. The lowest BCUT2D eigenvalue weighted by molar-refractivity contribution is -0.128. The van der Waals surface area contributed by atoms with Crippen molar-refractivity contribution in [1.29, 1.82) is 0 Å². The first-order valence-corrected chi connectivity index (χ1v) is 8.74. The molecule has 1 aromatic carbocycles. The van der Waals surface area contributed by atoms with Gasteiger partial charge in [-0.15, -0.1) is 0 Å². The zero-order valence-electron chi connectivity index (χ0n) is 13.2. The molecule has 22 heavy (non-hydrogen) atoms. The molecular weight excluding hydrogens is 362 g/mol. The SMILES string of the molecule is CC(C)C(Sc1nccn1-c1ccc(Br)cc1)C(=O)N(C)C. The molecule has 0 N–H and O–H groups in total. The summed E-state index contributed by atoms with van der Waals surface area (Å²) in [6.07, 6.45) is 3.69. The Morgan fingerprint density at radius 1 is 1.27 bits per heavy atom. The van der Waals surface area contributed by atoms with E-state index in [1.54, 1.807) is 25.2 Å². The van der Waals surface area contributed by atoms with Crippen LogP contribution in [0.3, 0.4) is 0 Å². The van der Waals surface area contributed by atoms with Gasteiger partial charge in [0, 0.05) is 36.6 Å². The van der Waals surface area contributed by atoms with E-state index in [4.69, 9.17) is 0 Å². The highest BCUT2D eigenvalue weighted by molar-refractivity contribution is 9.10. The second-order valence-corrected chi connectivity index (χ2v) is 7.60. The van der Waals surface area contributed by atoms with Gasteiger partial charge in [-0.05, 0) is 30.2 Å². The van der Waals surface area contributed by atoms with Crippen LogP contribution in [0, 0.1) is 5.92 Å². The molecule has 118 valence electrons. The molecule has 1 heterocycles. The standard InChI is InChI=1S/C16H20BrN3OS/c1-11(2)14(15(21)19(3)4)22-16-18-9-10-20(16)13-7-5-12(17)6-8-13/h5-11,14H,1-4H3. The van der Waals surface area contributed by atoms with E-state index in [-0.39, 0.29) is 17.1 Å². The number of benzene rings is 1. The number of amides is 1. The number of hydrogen-bond donors (Lipinski definition) is 0. The minimum Gasteiger partial charge on any atom is -0.348 e. The topological polar surface area (TPSA) is 38.1 Å². The van der Waals surface area contributed by atoms with Crippen LogP contribution in [-0.2, 0) is 4.79 Å². The number of nitrogens with zero attached hydrogens (tertiary/aromatic N) is 3. The van der Waals surface area contributed by atoms with Crippen molar-refractivity contribution in [2.75, 3.05) is 14.1 Å². The second-order valence-electron chi connectivity index (χ2n) is 5.57. The number of carbonyl (C=O) groups is 1.